The van der Waals surface area contributed by atoms with Crippen LogP contribution in [0.5, 0.6) is 5.75 Å². The highest BCUT2D eigenvalue weighted by atomic mass is 16.3. The van der Waals surface area contributed by atoms with Crippen molar-refractivity contribution in [1.29, 1.82) is 0 Å². The van der Waals surface area contributed by atoms with Gasteiger partial charge in [0.2, 0.25) is 0 Å². The summed E-state index contributed by atoms with van der Waals surface area (Å²) in [4.78, 5) is 13.1. The summed E-state index contributed by atoms with van der Waals surface area (Å²) < 4.78 is 0. The molecule has 1 fully saturated rings. The fraction of sp³-hybridized carbons (Fsp3) is 0.500. The van der Waals surface area contributed by atoms with Crippen LogP contribution in [0.15, 0.2) is 12.3 Å². The molecule has 1 aliphatic heterocycles. The quantitative estimate of drug-likeness (QED) is 0.656. The number of aliphatic hydroxyl groups excluding tert-OH is 1. The van der Waals surface area contributed by atoms with E-state index < -0.39 is 0 Å². The summed E-state index contributed by atoms with van der Waals surface area (Å²) in [5.74, 6) is 1.97. The van der Waals surface area contributed by atoms with Crippen molar-refractivity contribution in [2.24, 2.45) is 0 Å². The zero-order valence-electron chi connectivity index (χ0n) is 14.7. The van der Waals surface area contributed by atoms with Gasteiger partial charge in [0.25, 0.3) is 0 Å². The molecule has 1 aliphatic rings. The van der Waals surface area contributed by atoms with E-state index in [1.165, 1.54) is 0 Å². The second kappa shape index (κ2) is 7.76. The molecule has 0 saturated carbocycles. The van der Waals surface area contributed by atoms with Crippen molar-refractivity contribution in [3.05, 3.63) is 40.6 Å². The second-order valence-electron chi connectivity index (χ2n) is 6.48. The summed E-state index contributed by atoms with van der Waals surface area (Å²) >= 11 is 0. The zero-order chi connectivity index (χ0) is 17.8. The minimum Gasteiger partial charge on any atom is -0.506 e. The largest absolute Gasteiger partial charge is 0.506 e. The molecule has 0 aromatic carbocycles. The molecule has 1 saturated heterocycles. The maximum atomic E-state index is 10.2. The van der Waals surface area contributed by atoms with Crippen LogP contribution in [0.25, 0.3) is 0 Å². The van der Waals surface area contributed by atoms with Crippen molar-refractivity contribution in [2.75, 3.05) is 18.4 Å². The van der Waals surface area contributed by atoms with Gasteiger partial charge < -0.3 is 20.8 Å². The predicted octanol–water partition coefficient (Wildman–Crippen LogP) is 1.77. The Morgan fingerprint density at radius 3 is 2.88 bits per heavy atom. The van der Waals surface area contributed by atoms with Gasteiger partial charge in [-0.05, 0) is 33.2 Å². The third kappa shape index (κ3) is 4.05. The third-order valence-electron chi connectivity index (χ3n) is 4.62. The van der Waals surface area contributed by atoms with Gasteiger partial charge in [0, 0.05) is 42.4 Å². The Morgan fingerprint density at radius 2 is 2.16 bits per heavy atom. The highest BCUT2D eigenvalue weighted by Crippen LogP contribution is 2.26. The fourth-order valence-electron chi connectivity index (χ4n) is 3.19. The number of nitrogens with one attached hydrogen (secondary N) is 2. The molecule has 3 rings (SSSR count). The highest BCUT2D eigenvalue weighted by Gasteiger charge is 2.18. The van der Waals surface area contributed by atoms with Crippen molar-refractivity contribution >= 4 is 5.82 Å². The van der Waals surface area contributed by atoms with Gasteiger partial charge in [0.05, 0.1) is 18.0 Å². The zero-order valence-corrected chi connectivity index (χ0v) is 14.7. The number of aromatic hydroxyl groups is 1. The van der Waals surface area contributed by atoms with E-state index in [-0.39, 0.29) is 12.4 Å². The van der Waals surface area contributed by atoms with Gasteiger partial charge >= 0.3 is 0 Å². The number of aliphatic hydroxyl groups is 1. The molecule has 134 valence electrons. The number of aryl methyl sites for hydroxylation is 2. The number of anilines is 1. The molecule has 0 aliphatic carbocycles. The molecule has 7 nitrogen and oxygen atoms in total. The number of piperidine rings is 1. The first-order valence-electron chi connectivity index (χ1n) is 8.66. The van der Waals surface area contributed by atoms with Crippen molar-refractivity contribution in [3.63, 3.8) is 0 Å². The van der Waals surface area contributed by atoms with E-state index in [4.69, 9.17) is 0 Å². The van der Waals surface area contributed by atoms with Crippen molar-refractivity contribution in [2.45, 2.75) is 45.8 Å². The highest BCUT2D eigenvalue weighted by molar-refractivity contribution is 5.45. The molecule has 0 unspecified atom stereocenters. The molecule has 3 heterocycles. The molecule has 0 radical (unpaired) electrons. The van der Waals surface area contributed by atoms with E-state index in [0.29, 0.717) is 29.3 Å². The second-order valence-corrected chi connectivity index (χ2v) is 6.48. The normalized spacial score (nSPS) is 17.5. The molecule has 0 spiro atoms. The van der Waals surface area contributed by atoms with Gasteiger partial charge in [-0.2, -0.15) is 0 Å². The number of nitrogens with zero attached hydrogens (tertiary/aromatic N) is 3. The molecular weight excluding hydrogens is 318 g/mol. The van der Waals surface area contributed by atoms with E-state index in [1.54, 1.807) is 13.1 Å². The molecule has 4 N–H and O–H groups in total. The van der Waals surface area contributed by atoms with E-state index in [9.17, 15) is 10.2 Å². The first kappa shape index (κ1) is 17.6. The van der Waals surface area contributed by atoms with Crippen molar-refractivity contribution in [1.82, 2.24) is 20.3 Å². The Balaban J connectivity index is 1.80. The van der Waals surface area contributed by atoms with Crippen molar-refractivity contribution in [3.8, 4) is 5.75 Å². The lowest BCUT2D eigenvalue weighted by atomic mass is 9.96. The van der Waals surface area contributed by atoms with Crippen LogP contribution in [0.3, 0.4) is 0 Å². The Bertz CT molecular complexity index is 744. The molecule has 2 aromatic heterocycles. The Kier molecular flexibility index (Phi) is 5.45. The molecule has 7 heteroatoms. The number of rotatable bonds is 5. The van der Waals surface area contributed by atoms with Crippen LogP contribution < -0.4 is 10.6 Å². The molecule has 0 bridgehead atoms. The average Bonchev–Trinajstić information content (AvgIpc) is 2.63. The van der Waals surface area contributed by atoms with Crippen molar-refractivity contribution < 1.29 is 10.2 Å². The summed E-state index contributed by atoms with van der Waals surface area (Å²) in [5, 5.41) is 26.4. The van der Waals surface area contributed by atoms with Gasteiger partial charge in [0.15, 0.2) is 0 Å². The van der Waals surface area contributed by atoms with Gasteiger partial charge in [-0.3, -0.25) is 4.98 Å². The summed E-state index contributed by atoms with van der Waals surface area (Å²) in [7, 11) is 0. The Labute approximate surface area is 147 Å². The van der Waals surface area contributed by atoms with E-state index in [0.717, 1.165) is 43.3 Å². The summed E-state index contributed by atoms with van der Waals surface area (Å²) in [6.07, 6.45) is 3.87. The molecular formula is C18H25N5O2. The monoisotopic (exact) mass is 343 g/mol. The number of aromatic nitrogens is 3. The predicted molar refractivity (Wildman–Crippen MR) is 95.5 cm³/mol. The summed E-state index contributed by atoms with van der Waals surface area (Å²) in [6.45, 7) is 5.83. The smallest absolute Gasteiger partial charge is 0.142 e. The SMILES string of the molecule is Cc1nc(NCc2c(CO)cnc(C)c2O)cc([C@@H]2CCCNC2)n1. The van der Waals surface area contributed by atoms with Crippen LogP contribution in [-0.4, -0.2) is 38.3 Å². The minimum atomic E-state index is -0.167. The standard InChI is InChI=1S/C18H25N5O2/c1-11-18(25)15(14(10-24)8-20-11)9-21-17-6-16(22-12(2)23-17)13-4-3-5-19-7-13/h6,8,13,19,24-25H,3-5,7,9-10H2,1-2H3,(H,21,22,23)/t13-/m1/s1. The summed E-state index contributed by atoms with van der Waals surface area (Å²) in [5.41, 5.74) is 2.84. The molecule has 0 amide bonds. The lowest BCUT2D eigenvalue weighted by Crippen LogP contribution is -2.29. The Hall–Kier alpha value is -2.25. The topological polar surface area (TPSA) is 103 Å². The maximum absolute atomic E-state index is 10.2. The lowest BCUT2D eigenvalue weighted by Gasteiger charge is -2.23. The summed E-state index contributed by atoms with van der Waals surface area (Å²) in [6, 6.07) is 1.98. The van der Waals surface area contributed by atoms with Crippen LogP contribution in [0.2, 0.25) is 0 Å². The molecule has 1 atom stereocenters. The number of pyridine rings is 1. The first-order chi connectivity index (χ1) is 12.1. The van der Waals surface area contributed by atoms with Crippen LogP contribution in [0, 0.1) is 13.8 Å². The van der Waals surface area contributed by atoms with Crippen LogP contribution in [0.1, 0.15) is 47.1 Å². The number of hydrogen-bond acceptors (Lipinski definition) is 7. The number of hydrogen-bond donors (Lipinski definition) is 4. The van der Waals surface area contributed by atoms with Gasteiger partial charge in [-0.15, -0.1) is 0 Å². The van der Waals surface area contributed by atoms with E-state index >= 15 is 0 Å². The van der Waals surface area contributed by atoms with E-state index in [1.807, 2.05) is 13.0 Å². The van der Waals surface area contributed by atoms with Gasteiger partial charge in [-0.1, -0.05) is 0 Å². The van der Waals surface area contributed by atoms with Crippen LogP contribution in [-0.2, 0) is 13.2 Å². The first-order valence-corrected chi connectivity index (χ1v) is 8.66. The lowest BCUT2D eigenvalue weighted by molar-refractivity contribution is 0.279. The molecule has 2 aromatic rings. The third-order valence-corrected chi connectivity index (χ3v) is 4.62. The van der Waals surface area contributed by atoms with Gasteiger partial charge in [0.1, 0.15) is 17.4 Å². The maximum Gasteiger partial charge on any atom is 0.142 e. The fourth-order valence-corrected chi connectivity index (χ4v) is 3.19. The average molecular weight is 343 g/mol. The van der Waals surface area contributed by atoms with E-state index in [2.05, 4.69) is 25.6 Å². The van der Waals surface area contributed by atoms with Crippen LogP contribution >= 0.6 is 0 Å². The molecule has 25 heavy (non-hydrogen) atoms. The van der Waals surface area contributed by atoms with Gasteiger partial charge in [-0.25, -0.2) is 9.97 Å². The Morgan fingerprint density at radius 1 is 1.32 bits per heavy atom. The van der Waals surface area contributed by atoms with Crippen LogP contribution in [0.4, 0.5) is 5.82 Å². The minimum absolute atomic E-state index is 0.113.